The third kappa shape index (κ3) is 4.50. The van der Waals surface area contributed by atoms with Gasteiger partial charge < -0.3 is 9.80 Å². The van der Waals surface area contributed by atoms with E-state index in [1.165, 1.54) is 6.07 Å². The smallest absolute Gasteiger partial charge is 0.363 e. The fourth-order valence-corrected chi connectivity index (χ4v) is 3.37. The number of hydrogen-bond acceptors (Lipinski definition) is 5. The van der Waals surface area contributed by atoms with E-state index in [-0.39, 0.29) is 6.04 Å². The molecule has 5 nitrogen and oxygen atoms in total. The molecule has 1 aliphatic heterocycles. The van der Waals surface area contributed by atoms with Crippen LogP contribution < -0.4 is 9.80 Å². The summed E-state index contributed by atoms with van der Waals surface area (Å²) in [5.41, 5.74) is -0.233. The molecule has 1 aromatic heterocycles. The Labute approximate surface area is 157 Å². The highest BCUT2D eigenvalue weighted by molar-refractivity contribution is 5.42. The summed E-state index contributed by atoms with van der Waals surface area (Å²) in [5.74, 6) is 1.45. The average Bonchev–Trinajstić information content (AvgIpc) is 3.09. The predicted molar refractivity (Wildman–Crippen MR) is 99.9 cm³/mol. The van der Waals surface area contributed by atoms with Crippen LogP contribution in [0.25, 0.3) is 0 Å². The van der Waals surface area contributed by atoms with Gasteiger partial charge in [0, 0.05) is 53.0 Å². The summed E-state index contributed by atoms with van der Waals surface area (Å²) < 4.78 is 39.6. The van der Waals surface area contributed by atoms with Crippen LogP contribution >= 0.6 is 0 Å². The molecule has 1 unspecified atom stereocenters. The van der Waals surface area contributed by atoms with Gasteiger partial charge in [0.25, 0.3) is 0 Å². The van der Waals surface area contributed by atoms with Crippen molar-refractivity contribution < 1.29 is 13.2 Å². The number of nitrogens with zero attached hydrogens (tertiary/aromatic N) is 5. The van der Waals surface area contributed by atoms with Gasteiger partial charge in [0.2, 0.25) is 5.95 Å². The number of halogens is 3. The highest BCUT2D eigenvalue weighted by Gasteiger charge is 2.34. The van der Waals surface area contributed by atoms with Crippen LogP contribution in [0.4, 0.5) is 24.9 Å². The lowest BCUT2D eigenvalue weighted by Crippen LogP contribution is -2.35. The van der Waals surface area contributed by atoms with Crippen LogP contribution in [0.5, 0.6) is 0 Å². The van der Waals surface area contributed by atoms with E-state index in [4.69, 9.17) is 0 Å². The summed E-state index contributed by atoms with van der Waals surface area (Å²) >= 11 is 0. The number of alkyl halides is 3. The van der Waals surface area contributed by atoms with Crippen LogP contribution in [0.2, 0.25) is 0 Å². The van der Waals surface area contributed by atoms with E-state index in [0.29, 0.717) is 24.6 Å². The Morgan fingerprint density at radius 1 is 1.15 bits per heavy atom. The van der Waals surface area contributed by atoms with Crippen LogP contribution in [0, 0.1) is 0 Å². The molecule has 1 saturated heterocycles. The van der Waals surface area contributed by atoms with Crippen molar-refractivity contribution >= 4 is 11.8 Å². The standard InChI is InChI=1S/C19H24F3N5/c1-25(2)17-8-10-23-18(24-17)26(3)15-9-11-27(13-15)12-14-6-4-5-7-16(14)19(20,21)22/h4-8,10,15H,9,11-13H2,1-3H3. The van der Waals surface area contributed by atoms with Gasteiger partial charge in [-0.05, 0) is 24.1 Å². The van der Waals surface area contributed by atoms with Crippen molar-refractivity contribution in [2.75, 3.05) is 44.0 Å². The summed E-state index contributed by atoms with van der Waals surface area (Å²) in [7, 11) is 5.77. The van der Waals surface area contributed by atoms with Crippen LogP contribution in [-0.2, 0) is 12.7 Å². The zero-order valence-corrected chi connectivity index (χ0v) is 15.7. The summed E-state index contributed by atoms with van der Waals surface area (Å²) in [6, 6.07) is 7.80. The summed E-state index contributed by atoms with van der Waals surface area (Å²) in [5, 5.41) is 0. The van der Waals surface area contributed by atoms with Gasteiger partial charge in [-0.15, -0.1) is 0 Å². The number of likely N-dealkylation sites (N-methyl/N-ethyl adjacent to an activating group) is 1. The van der Waals surface area contributed by atoms with E-state index in [2.05, 4.69) is 14.9 Å². The molecule has 0 aliphatic carbocycles. The van der Waals surface area contributed by atoms with Gasteiger partial charge in [-0.1, -0.05) is 18.2 Å². The SMILES string of the molecule is CN(C)c1ccnc(N(C)C2CCN(Cc3ccccc3C(F)(F)F)C2)n1. The fourth-order valence-electron chi connectivity index (χ4n) is 3.37. The van der Waals surface area contributed by atoms with Gasteiger partial charge >= 0.3 is 6.18 Å². The van der Waals surface area contributed by atoms with Crippen molar-refractivity contribution in [1.29, 1.82) is 0 Å². The summed E-state index contributed by atoms with van der Waals surface area (Å²) in [6.07, 6.45) is -1.74. The van der Waals surface area contributed by atoms with Gasteiger partial charge in [0.15, 0.2) is 0 Å². The van der Waals surface area contributed by atoms with Crippen molar-refractivity contribution in [3.8, 4) is 0 Å². The Balaban J connectivity index is 1.68. The molecule has 2 aromatic rings. The third-order valence-corrected chi connectivity index (χ3v) is 4.91. The number of anilines is 2. The highest BCUT2D eigenvalue weighted by Crippen LogP contribution is 2.33. The molecule has 8 heteroatoms. The third-order valence-electron chi connectivity index (χ3n) is 4.91. The molecule has 0 N–H and O–H groups in total. The number of rotatable bonds is 5. The van der Waals surface area contributed by atoms with Gasteiger partial charge in [-0.25, -0.2) is 4.98 Å². The molecule has 1 atom stereocenters. The number of hydrogen-bond donors (Lipinski definition) is 0. The molecule has 1 aromatic carbocycles. The lowest BCUT2D eigenvalue weighted by molar-refractivity contribution is -0.138. The first-order valence-corrected chi connectivity index (χ1v) is 8.86. The lowest BCUT2D eigenvalue weighted by atomic mass is 10.1. The Morgan fingerprint density at radius 3 is 2.59 bits per heavy atom. The summed E-state index contributed by atoms with van der Waals surface area (Å²) in [4.78, 5) is 14.9. The molecule has 0 spiro atoms. The van der Waals surface area contributed by atoms with Crippen molar-refractivity contribution in [2.24, 2.45) is 0 Å². The van der Waals surface area contributed by atoms with Crippen molar-refractivity contribution in [1.82, 2.24) is 14.9 Å². The molecule has 3 rings (SSSR count). The number of aromatic nitrogens is 2. The Bertz CT molecular complexity index is 778. The van der Waals surface area contributed by atoms with E-state index in [0.717, 1.165) is 24.8 Å². The highest BCUT2D eigenvalue weighted by atomic mass is 19.4. The zero-order chi connectivity index (χ0) is 19.6. The maximum Gasteiger partial charge on any atom is 0.416 e. The minimum absolute atomic E-state index is 0.167. The second-order valence-electron chi connectivity index (χ2n) is 7.05. The maximum absolute atomic E-state index is 13.2. The molecule has 0 bridgehead atoms. The van der Waals surface area contributed by atoms with Crippen LogP contribution in [0.3, 0.4) is 0 Å². The van der Waals surface area contributed by atoms with Crippen LogP contribution in [0.15, 0.2) is 36.5 Å². The first kappa shape index (κ1) is 19.4. The molecule has 146 valence electrons. The van der Waals surface area contributed by atoms with Crippen LogP contribution in [0.1, 0.15) is 17.5 Å². The first-order valence-electron chi connectivity index (χ1n) is 8.86. The predicted octanol–water partition coefficient (Wildman–Crippen LogP) is 3.27. The van der Waals surface area contributed by atoms with Gasteiger partial charge in [-0.2, -0.15) is 18.2 Å². The molecule has 0 radical (unpaired) electrons. The molecule has 1 fully saturated rings. The van der Waals surface area contributed by atoms with Gasteiger partial charge in [0.05, 0.1) is 5.56 Å². The minimum Gasteiger partial charge on any atom is -0.363 e. The Hall–Kier alpha value is -2.35. The molecule has 27 heavy (non-hydrogen) atoms. The largest absolute Gasteiger partial charge is 0.416 e. The van der Waals surface area contributed by atoms with E-state index in [1.54, 1.807) is 18.3 Å². The molecular formula is C19H24F3N5. The topological polar surface area (TPSA) is 35.5 Å². The van der Waals surface area contributed by atoms with E-state index in [9.17, 15) is 13.2 Å². The maximum atomic E-state index is 13.2. The quantitative estimate of drug-likeness (QED) is 0.797. The van der Waals surface area contributed by atoms with E-state index < -0.39 is 11.7 Å². The molecule has 1 aliphatic rings. The van der Waals surface area contributed by atoms with Crippen molar-refractivity contribution in [3.63, 3.8) is 0 Å². The second kappa shape index (κ2) is 7.72. The Morgan fingerprint density at radius 2 is 1.89 bits per heavy atom. The molecule has 0 amide bonds. The van der Waals surface area contributed by atoms with Gasteiger partial charge in [0.1, 0.15) is 5.82 Å². The number of benzene rings is 1. The van der Waals surface area contributed by atoms with Gasteiger partial charge in [-0.3, -0.25) is 4.90 Å². The monoisotopic (exact) mass is 379 g/mol. The van der Waals surface area contributed by atoms with Crippen molar-refractivity contribution in [2.45, 2.75) is 25.2 Å². The second-order valence-corrected chi connectivity index (χ2v) is 7.05. The molecular weight excluding hydrogens is 355 g/mol. The zero-order valence-electron chi connectivity index (χ0n) is 15.7. The van der Waals surface area contributed by atoms with E-state index >= 15 is 0 Å². The fraction of sp³-hybridized carbons (Fsp3) is 0.474. The van der Waals surface area contributed by atoms with Crippen LogP contribution in [-0.4, -0.2) is 55.1 Å². The summed E-state index contributed by atoms with van der Waals surface area (Å²) in [6.45, 7) is 1.71. The molecule has 2 heterocycles. The first-order chi connectivity index (χ1) is 12.8. The number of likely N-dealkylation sites (tertiary alicyclic amines) is 1. The van der Waals surface area contributed by atoms with Crippen molar-refractivity contribution in [3.05, 3.63) is 47.7 Å². The van der Waals surface area contributed by atoms with E-state index in [1.807, 2.05) is 37.0 Å². The molecule has 0 saturated carbocycles. The Kier molecular flexibility index (Phi) is 5.55. The average molecular weight is 379 g/mol. The normalized spacial score (nSPS) is 17.9. The lowest BCUT2D eigenvalue weighted by Gasteiger charge is -2.26. The minimum atomic E-state index is -4.33.